The number of hydrogen-bond donors (Lipinski definition) is 0. The fourth-order valence-electron chi connectivity index (χ4n) is 1.74. The Morgan fingerprint density at radius 1 is 1.00 bits per heavy atom. The molecule has 2 rings (SSSR count). The van der Waals surface area contributed by atoms with Crippen molar-refractivity contribution in [2.24, 2.45) is 0 Å². The molecule has 2 aromatic carbocycles. The number of rotatable bonds is 4. The number of aryl methyl sites for hydroxylation is 2. The van der Waals surface area contributed by atoms with Crippen molar-refractivity contribution < 1.29 is 9.53 Å². The van der Waals surface area contributed by atoms with Gasteiger partial charge < -0.3 is 4.74 Å². The number of hydrogen-bond acceptors (Lipinski definition) is 2. The Morgan fingerprint density at radius 3 is 2.39 bits per heavy atom. The predicted molar refractivity (Wildman–Crippen MR) is 71.6 cm³/mol. The SMILES string of the molecule is Cc1ccccc1OC(=O)CCc1ccccc1. The number of para-hydroxylation sites is 1. The van der Waals surface area contributed by atoms with Crippen LogP contribution in [0.5, 0.6) is 5.75 Å². The summed E-state index contributed by atoms with van der Waals surface area (Å²) in [5.41, 5.74) is 2.13. The molecule has 0 amide bonds. The molecule has 0 spiro atoms. The van der Waals surface area contributed by atoms with Gasteiger partial charge in [0.15, 0.2) is 0 Å². The van der Waals surface area contributed by atoms with Gasteiger partial charge in [-0.2, -0.15) is 0 Å². The lowest BCUT2D eigenvalue weighted by Gasteiger charge is -2.06. The highest BCUT2D eigenvalue weighted by Gasteiger charge is 2.06. The van der Waals surface area contributed by atoms with E-state index in [1.54, 1.807) is 0 Å². The van der Waals surface area contributed by atoms with Gasteiger partial charge >= 0.3 is 5.97 Å². The summed E-state index contributed by atoms with van der Waals surface area (Å²) in [6.07, 6.45) is 1.11. The maximum absolute atomic E-state index is 11.7. The number of ether oxygens (including phenoxy) is 1. The highest BCUT2D eigenvalue weighted by atomic mass is 16.5. The first-order valence-corrected chi connectivity index (χ1v) is 6.06. The molecule has 0 saturated carbocycles. The summed E-state index contributed by atoms with van der Waals surface area (Å²) in [4.78, 5) is 11.7. The quantitative estimate of drug-likeness (QED) is 0.603. The third-order valence-corrected chi connectivity index (χ3v) is 2.78. The maximum atomic E-state index is 11.7. The van der Waals surface area contributed by atoms with Crippen molar-refractivity contribution in [3.05, 3.63) is 65.7 Å². The summed E-state index contributed by atoms with van der Waals surface area (Å²) >= 11 is 0. The molecule has 18 heavy (non-hydrogen) atoms. The smallest absolute Gasteiger partial charge is 0.311 e. The lowest BCUT2D eigenvalue weighted by atomic mass is 10.1. The van der Waals surface area contributed by atoms with Crippen molar-refractivity contribution in [3.63, 3.8) is 0 Å². The minimum atomic E-state index is -0.187. The third kappa shape index (κ3) is 3.45. The van der Waals surface area contributed by atoms with E-state index in [9.17, 15) is 4.79 Å². The molecule has 0 atom stereocenters. The molecule has 0 saturated heterocycles. The maximum Gasteiger partial charge on any atom is 0.311 e. The van der Waals surface area contributed by atoms with Gasteiger partial charge in [0.1, 0.15) is 5.75 Å². The highest BCUT2D eigenvalue weighted by Crippen LogP contribution is 2.17. The Morgan fingerprint density at radius 2 is 1.67 bits per heavy atom. The molecular weight excluding hydrogens is 224 g/mol. The van der Waals surface area contributed by atoms with E-state index < -0.39 is 0 Å². The molecule has 0 N–H and O–H groups in total. The van der Waals surface area contributed by atoms with Crippen LogP contribution in [-0.2, 0) is 11.2 Å². The Labute approximate surface area is 107 Å². The van der Waals surface area contributed by atoms with Gasteiger partial charge in [-0.3, -0.25) is 4.79 Å². The van der Waals surface area contributed by atoms with Gasteiger partial charge in [0.25, 0.3) is 0 Å². The van der Waals surface area contributed by atoms with E-state index in [1.807, 2.05) is 61.5 Å². The summed E-state index contributed by atoms with van der Waals surface area (Å²) in [5.74, 6) is 0.462. The molecule has 2 nitrogen and oxygen atoms in total. The van der Waals surface area contributed by atoms with Gasteiger partial charge in [0, 0.05) is 6.42 Å². The fourth-order valence-corrected chi connectivity index (χ4v) is 1.74. The highest BCUT2D eigenvalue weighted by molar-refractivity contribution is 5.73. The Bertz CT molecular complexity index is 518. The molecule has 0 aliphatic carbocycles. The van der Waals surface area contributed by atoms with Crippen molar-refractivity contribution in [2.45, 2.75) is 19.8 Å². The Balaban J connectivity index is 1.88. The second-order valence-corrected chi connectivity index (χ2v) is 4.23. The molecule has 0 aliphatic heterocycles. The second-order valence-electron chi connectivity index (χ2n) is 4.23. The van der Waals surface area contributed by atoms with Crippen LogP contribution in [0, 0.1) is 6.92 Å². The van der Waals surface area contributed by atoms with Gasteiger partial charge in [-0.1, -0.05) is 48.5 Å². The van der Waals surface area contributed by atoms with Crippen LogP contribution in [0.1, 0.15) is 17.5 Å². The molecule has 92 valence electrons. The average Bonchev–Trinajstić information content (AvgIpc) is 2.40. The lowest BCUT2D eigenvalue weighted by molar-refractivity contribution is -0.134. The van der Waals surface area contributed by atoms with Crippen LogP contribution in [0.2, 0.25) is 0 Å². The molecule has 2 heteroatoms. The van der Waals surface area contributed by atoms with Gasteiger partial charge in [0.2, 0.25) is 0 Å². The first kappa shape index (κ1) is 12.4. The van der Waals surface area contributed by atoms with E-state index in [4.69, 9.17) is 4.74 Å². The first-order chi connectivity index (χ1) is 8.75. The molecule has 0 radical (unpaired) electrons. The van der Waals surface area contributed by atoms with Crippen LogP contribution in [0.3, 0.4) is 0 Å². The molecule has 0 heterocycles. The summed E-state index contributed by atoms with van der Waals surface area (Å²) in [5, 5.41) is 0. The topological polar surface area (TPSA) is 26.3 Å². The number of benzene rings is 2. The summed E-state index contributed by atoms with van der Waals surface area (Å²) < 4.78 is 5.33. The Hall–Kier alpha value is -2.09. The van der Waals surface area contributed by atoms with Crippen LogP contribution < -0.4 is 4.74 Å². The van der Waals surface area contributed by atoms with Gasteiger partial charge in [-0.25, -0.2) is 0 Å². The molecule has 0 bridgehead atoms. The normalized spacial score (nSPS) is 10.1. The molecule has 0 fully saturated rings. The first-order valence-electron chi connectivity index (χ1n) is 6.06. The van der Waals surface area contributed by atoms with Gasteiger partial charge in [0.05, 0.1) is 0 Å². The van der Waals surface area contributed by atoms with Crippen LogP contribution >= 0.6 is 0 Å². The second kappa shape index (κ2) is 6.01. The minimum Gasteiger partial charge on any atom is -0.426 e. The van der Waals surface area contributed by atoms with Crippen molar-refractivity contribution in [3.8, 4) is 5.75 Å². The average molecular weight is 240 g/mol. The monoisotopic (exact) mass is 240 g/mol. The van der Waals surface area contributed by atoms with Crippen molar-refractivity contribution in [1.29, 1.82) is 0 Å². The Kier molecular flexibility index (Phi) is 4.13. The standard InChI is InChI=1S/C16H16O2/c1-13-7-5-6-10-15(13)18-16(17)12-11-14-8-3-2-4-9-14/h2-10H,11-12H2,1H3. The molecule has 0 aliphatic rings. The van der Waals surface area contributed by atoms with Crippen molar-refractivity contribution in [2.75, 3.05) is 0 Å². The van der Waals surface area contributed by atoms with E-state index in [2.05, 4.69) is 0 Å². The van der Waals surface area contributed by atoms with E-state index >= 15 is 0 Å². The summed E-state index contributed by atoms with van der Waals surface area (Å²) in [6.45, 7) is 1.93. The van der Waals surface area contributed by atoms with Crippen LogP contribution in [0.4, 0.5) is 0 Å². The predicted octanol–water partition coefficient (Wildman–Crippen LogP) is 3.53. The molecule has 0 aromatic heterocycles. The van der Waals surface area contributed by atoms with Crippen LogP contribution in [-0.4, -0.2) is 5.97 Å². The van der Waals surface area contributed by atoms with Gasteiger partial charge in [-0.15, -0.1) is 0 Å². The zero-order chi connectivity index (χ0) is 12.8. The van der Waals surface area contributed by atoms with Crippen molar-refractivity contribution >= 4 is 5.97 Å². The van der Waals surface area contributed by atoms with Crippen molar-refractivity contribution in [1.82, 2.24) is 0 Å². The van der Waals surface area contributed by atoms with E-state index in [-0.39, 0.29) is 5.97 Å². The van der Waals surface area contributed by atoms with E-state index in [0.29, 0.717) is 18.6 Å². The van der Waals surface area contributed by atoms with Gasteiger partial charge in [-0.05, 0) is 30.5 Å². The molecule has 2 aromatic rings. The van der Waals surface area contributed by atoms with E-state index in [1.165, 1.54) is 0 Å². The zero-order valence-electron chi connectivity index (χ0n) is 10.4. The van der Waals surface area contributed by atoms with Crippen LogP contribution in [0.15, 0.2) is 54.6 Å². The van der Waals surface area contributed by atoms with E-state index in [0.717, 1.165) is 11.1 Å². The van der Waals surface area contributed by atoms with Crippen LogP contribution in [0.25, 0.3) is 0 Å². The zero-order valence-corrected chi connectivity index (χ0v) is 10.4. The summed E-state index contributed by atoms with van der Waals surface area (Å²) in [6, 6.07) is 17.5. The minimum absolute atomic E-state index is 0.187. The largest absolute Gasteiger partial charge is 0.426 e. The number of esters is 1. The fraction of sp³-hybridized carbons (Fsp3) is 0.188. The molecule has 0 unspecified atom stereocenters. The molecular formula is C16H16O2. The summed E-state index contributed by atoms with van der Waals surface area (Å²) in [7, 11) is 0. The number of carbonyl (C=O) groups is 1. The lowest BCUT2D eigenvalue weighted by Crippen LogP contribution is -2.09. The number of carbonyl (C=O) groups excluding carboxylic acids is 1. The third-order valence-electron chi connectivity index (χ3n) is 2.78.